The minimum absolute atomic E-state index is 0.0244. The van der Waals surface area contributed by atoms with E-state index >= 15 is 0 Å². The molecule has 0 radical (unpaired) electrons. The van der Waals surface area contributed by atoms with Crippen molar-refractivity contribution in [1.29, 1.82) is 5.26 Å². The molecule has 104 valence electrons. The number of rotatable bonds is 6. The van der Waals surface area contributed by atoms with Crippen LogP contribution in [0.3, 0.4) is 0 Å². The molecule has 4 nitrogen and oxygen atoms in total. The maximum atomic E-state index is 11.6. The van der Waals surface area contributed by atoms with Gasteiger partial charge in [0.05, 0.1) is 17.6 Å². The highest BCUT2D eigenvalue weighted by molar-refractivity contribution is 7.91. The molecule has 0 unspecified atom stereocenters. The van der Waals surface area contributed by atoms with Gasteiger partial charge in [-0.1, -0.05) is 36.4 Å². The van der Waals surface area contributed by atoms with Gasteiger partial charge in [-0.3, -0.25) is 0 Å². The zero-order valence-corrected chi connectivity index (χ0v) is 11.8. The molecule has 20 heavy (non-hydrogen) atoms. The van der Waals surface area contributed by atoms with Crippen LogP contribution in [-0.4, -0.2) is 26.5 Å². The number of benzene rings is 2. The summed E-state index contributed by atoms with van der Waals surface area (Å²) >= 11 is 0. The number of fused-ring (bicyclic) bond motifs is 1. The van der Waals surface area contributed by atoms with Crippen LogP contribution in [0, 0.1) is 11.3 Å². The Morgan fingerprint density at radius 1 is 1.05 bits per heavy atom. The van der Waals surface area contributed by atoms with Gasteiger partial charge in [0.25, 0.3) is 0 Å². The second-order valence-electron chi connectivity index (χ2n) is 4.39. The van der Waals surface area contributed by atoms with Crippen molar-refractivity contribution in [3.8, 4) is 11.8 Å². The van der Waals surface area contributed by atoms with Crippen LogP contribution in [-0.2, 0) is 9.84 Å². The molecule has 0 aromatic heterocycles. The zero-order chi connectivity index (χ0) is 14.4. The minimum Gasteiger partial charge on any atom is -0.492 e. The monoisotopic (exact) mass is 289 g/mol. The molecule has 0 aliphatic carbocycles. The fourth-order valence-corrected chi connectivity index (χ4v) is 2.85. The number of ether oxygens (including phenoxy) is 1. The first-order valence-electron chi connectivity index (χ1n) is 6.30. The Morgan fingerprint density at radius 3 is 2.60 bits per heavy atom. The van der Waals surface area contributed by atoms with Gasteiger partial charge in [0.15, 0.2) is 9.84 Å². The van der Waals surface area contributed by atoms with E-state index in [1.54, 1.807) is 0 Å². The van der Waals surface area contributed by atoms with Crippen molar-refractivity contribution >= 4 is 20.6 Å². The molecule has 0 aliphatic heterocycles. The lowest BCUT2D eigenvalue weighted by Gasteiger charge is -2.09. The second kappa shape index (κ2) is 6.40. The number of nitrogens with zero attached hydrogens (tertiary/aromatic N) is 1. The fourth-order valence-electron chi connectivity index (χ4n) is 1.90. The van der Waals surface area contributed by atoms with Crippen LogP contribution in [0.4, 0.5) is 0 Å². The Bertz CT molecular complexity index is 727. The predicted octanol–water partition coefficient (Wildman–Crippen LogP) is 2.55. The Hall–Kier alpha value is -2.06. The van der Waals surface area contributed by atoms with Crippen LogP contribution in [0.2, 0.25) is 0 Å². The summed E-state index contributed by atoms with van der Waals surface area (Å²) in [5, 5.41) is 10.4. The third-order valence-electron chi connectivity index (χ3n) is 2.93. The molecule has 0 N–H and O–H groups in total. The second-order valence-corrected chi connectivity index (χ2v) is 6.69. The van der Waals surface area contributed by atoms with E-state index in [0.717, 1.165) is 10.8 Å². The highest BCUT2D eigenvalue weighted by atomic mass is 32.2. The summed E-state index contributed by atoms with van der Waals surface area (Å²) in [5.41, 5.74) is 0. The molecule has 2 aromatic carbocycles. The van der Waals surface area contributed by atoms with Gasteiger partial charge >= 0.3 is 0 Å². The molecule has 0 aliphatic rings. The maximum Gasteiger partial charge on any atom is 0.154 e. The summed E-state index contributed by atoms with van der Waals surface area (Å²) in [6, 6.07) is 15.3. The molecule has 0 atom stereocenters. The van der Waals surface area contributed by atoms with Gasteiger partial charge in [0.1, 0.15) is 12.4 Å². The molecule has 0 bridgehead atoms. The molecule has 0 saturated heterocycles. The van der Waals surface area contributed by atoms with Gasteiger partial charge < -0.3 is 4.74 Å². The molecule has 0 amide bonds. The van der Waals surface area contributed by atoms with Gasteiger partial charge in [-0.2, -0.15) is 5.26 Å². The summed E-state index contributed by atoms with van der Waals surface area (Å²) in [6.45, 7) is 0.0990. The van der Waals surface area contributed by atoms with Crippen LogP contribution in [0.15, 0.2) is 42.5 Å². The highest BCUT2D eigenvalue weighted by Crippen LogP contribution is 2.24. The summed E-state index contributed by atoms with van der Waals surface area (Å²) in [7, 11) is -3.21. The molecule has 0 fully saturated rings. The molecule has 2 aromatic rings. The van der Waals surface area contributed by atoms with Gasteiger partial charge in [-0.25, -0.2) is 8.42 Å². The predicted molar refractivity (Wildman–Crippen MR) is 78.3 cm³/mol. The molecule has 0 saturated carbocycles. The van der Waals surface area contributed by atoms with Gasteiger partial charge in [0, 0.05) is 11.8 Å². The van der Waals surface area contributed by atoms with Gasteiger partial charge in [-0.05, 0) is 11.5 Å². The first-order valence-corrected chi connectivity index (χ1v) is 8.12. The van der Waals surface area contributed by atoms with Crippen molar-refractivity contribution in [2.75, 3.05) is 18.1 Å². The first kappa shape index (κ1) is 14.4. The van der Waals surface area contributed by atoms with Crippen LogP contribution in [0.25, 0.3) is 10.8 Å². The summed E-state index contributed by atoms with van der Waals surface area (Å²) < 4.78 is 28.8. The Labute approximate surface area is 118 Å². The lowest BCUT2D eigenvalue weighted by molar-refractivity contribution is 0.345. The smallest absolute Gasteiger partial charge is 0.154 e. The van der Waals surface area contributed by atoms with Gasteiger partial charge in [-0.15, -0.1) is 0 Å². The van der Waals surface area contributed by atoms with Crippen molar-refractivity contribution in [3.63, 3.8) is 0 Å². The number of hydrogen-bond acceptors (Lipinski definition) is 4. The number of nitriles is 1. The largest absolute Gasteiger partial charge is 0.492 e. The minimum atomic E-state index is -3.21. The van der Waals surface area contributed by atoms with E-state index in [1.165, 1.54) is 0 Å². The molecule has 2 rings (SSSR count). The Balaban J connectivity index is 2.02. The summed E-state index contributed by atoms with van der Waals surface area (Å²) in [6.07, 6.45) is 0.0244. The summed E-state index contributed by atoms with van der Waals surface area (Å²) in [4.78, 5) is 0. The van der Waals surface area contributed by atoms with Crippen LogP contribution in [0.1, 0.15) is 6.42 Å². The van der Waals surface area contributed by atoms with E-state index in [2.05, 4.69) is 0 Å². The fraction of sp³-hybridized carbons (Fsp3) is 0.267. The molecular formula is C15H15NO3S. The topological polar surface area (TPSA) is 67.2 Å². The van der Waals surface area contributed by atoms with E-state index in [4.69, 9.17) is 10.00 Å². The zero-order valence-electron chi connectivity index (χ0n) is 11.0. The van der Waals surface area contributed by atoms with E-state index in [1.807, 2.05) is 48.5 Å². The lowest BCUT2D eigenvalue weighted by atomic mass is 10.1. The standard InChI is InChI=1S/C15H15NO3S/c16-9-4-11-20(17,18)12-10-19-15-8-3-6-13-5-1-2-7-14(13)15/h1-3,5-8H,4,10-12H2. The van der Waals surface area contributed by atoms with Crippen molar-refractivity contribution in [3.05, 3.63) is 42.5 Å². The molecule has 0 spiro atoms. The third-order valence-corrected chi connectivity index (χ3v) is 4.54. The van der Waals surface area contributed by atoms with E-state index in [-0.39, 0.29) is 24.5 Å². The average Bonchev–Trinajstić information content (AvgIpc) is 2.45. The summed E-state index contributed by atoms with van der Waals surface area (Å²) in [5.74, 6) is 0.499. The Morgan fingerprint density at radius 2 is 1.80 bits per heavy atom. The molecular weight excluding hydrogens is 274 g/mol. The van der Waals surface area contributed by atoms with Gasteiger partial charge in [0.2, 0.25) is 0 Å². The lowest BCUT2D eigenvalue weighted by Crippen LogP contribution is -2.17. The SMILES string of the molecule is N#CCCS(=O)(=O)CCOc1cccc2ccccc12. The van der Waals surface area contributed by atoms with E-state index < -0.39 is 9.84 Å². The molecule has 5 heteroatoms. The van der Waals surface area contributed by atoms with E-state index in [9.17, 15) is 8.42 Å². The van der Waals surface area contributed by atoms with Crippen molar-refractivity contribution in [1.82, 2.24) is 0 Å². The molecule has 0 heterocycles. The normalized spacial score (nSPS) is 11.2. The van der Waals surface area contributed by atoms with Crippen molar-refractivity contribution in [2.24, 2.45) is 0 Å². The maximum absolute atomic E-state index is 11.6. The van der Waals surface area contributed by atoms with Crippen molar-refractivity contribution in [2.45, 2.75) is 6.42 Å². The highest BCUT2D eigenvalue weighted by Gasteiger charge is 2.11. The van der Waals surface area contributed by atoms with Crippen molar-refractivity contribution < 1.29 is 13.2 Å². The third kappa shape index (κ3) is 3.72. The number of sulfone groups is 1. The average molecular weight is 289 g/mol. The number of hydrogen-bond donors (Lipinski definition) is 0. The van der Waals surface area contributed by atoms with Crippen LogP contribution >= 0.6 is 0 Å². The quantitative estimate of drug-likeness (QED) is 0.819. The Kier molecular flexibility index (Phi) is 4.59. The van der Waals surface area contributed by atoms with E-state index in [0.29, 0.717) is 5.75 Å². The van der Waals surface area contributed by atoms with Crippen LogP contribution in [0.5, 0.6) is 5.75 Å². The first-order chi connectivity index (χ1) is 9.62. The van der Waals surface area contributed by atoms with Crippen LogP contribution < -0.4 is 4.74 Å².